The monoisotopic (exact) mass is 291 g/mol. The van der Waals surface area contributed by atoms with Gasteiger partial charge in [0.15, 0.2) is 0 Å². The van der Waals surface area contributed by atoms with Gasteiger partial charge in [0.1, 0.15) is 0 Å². The third kappa shape index (κ3) is 9.51. The summed E-state index contributed by atoms with van der Waals surface area (Å²) in [5, 5.41) is 7.87. The molecule has 0 aromatic heterocycles. The number of halogens is 1. The fourth-order valence-corrected chi connectivity index (χ4v) is 1.02. The van der Waals surface area contributed by atoms with E-state index in [0.717, 1.165) is 6.42 Å². The van der Waals surface area contributed by atoms with Crippen LogP contribution in [0.2, 0.25) is 0 Å². The minimum absolute atomic E-state index is 0.0490. The van der Waals surface area contributed by atoms with E-state index in [1.807, 2.05) is 6.92 Å². The number of nitrogens with one attached hydrogen (secondary N) is 3. The average molecular weight is 292 g/mol. The summed E-state index contributed by atoms with van der Waals surface area (Å²) in [5.74, 6) is -0.0490. The molecule has 0 atom stereocenters. The summed E-state index contributed by atoms with van der Waals surface area (Å²) in [6.07, 6.45) is 1.20. The third-order valence-corrected chi connectivity index (χ3v) is 1.93. The molecule has 0 rings (SSSR count). The predicted molar refractivity (Wildman–Crippen MR) is 67.4 cm³/mol. The van der Waals surface area contributed by atoms with Crippen LogP contribution in [0.1, 0.15) is 19.8 Å². The molecule has 0 saturated carbocycles. The number of rotatable bonds is 7. The molecule has 5 nitrogen and oxygen atoms in total. The highest BCUT2D eigenvalue weighted by atomic mass is 79.9. The van der Waals surface area contributed by atoms with Crippen LogP contribution in [0.4, 0.5) is 4.79 Å². The minimum atomic E-state index is -0.302. The quantitative estimate of drug-likeness (QED) is 0.658. The Morgan fingerprint density at radius 1 is 1.19 bits per heavy atom. The maximum atomic E-state index is 11.1. The van der Waals surface area contributed by atoms with Gasteiger partial charge in [-0.3, -0.25) is 4.79 Å². The van der Waals surface area contributed by atoms with Crippen LogP contribution in [0.5, 0.6) is 0 Å². The molecule has 92 valence electrons. The fourth-order valence-electron chi connectivity index (χ4n) is 0.881. The molecule has 0 aliphatic rings. The van der Waals surface area contributed by atoms with Gasteiger partial charge in [-0.1, -0.05) is 29.4 Å². The summed E-state index contributed by atoms with van der Waals surface area (Å²) in [6.45, 7) is 6.94. The molecule has 6 heteroatoms. The van der Waals surface area contributed by atoms with Crippen molar-refractivity contribution in [3.63, 3.8) is 0 Å². The maximum Gasteiger partial charge on any atom is 0.315 e. The molecule has 16 heavy (non-hydrogen) atoms. The molecule has 0 heterocycles. The van der Waals surface area contributed by atoms with Crippen molar-refractivity contribution < 1.29 is 9.59 Å². The van der Waals surface area contributed by atoms with Gasteiger partial charge in [0.2, 0.25) is 5.91 Å². The Hall–Kier alpha value is -1.04. The summed E-state index contributed by atoms with van der Waals surface area (Å²) in [4.78, 5) is 22.3. The third-order valence-electron chi connectivity index (χ3n) is 1.65. The molecule has 0 unspecified atom stereocenters. The maximum absolute atomic E-state index is 11.1. The SMILES string of the molecule is C=C(Br)CNC(=O)NCCC(=O)NCCC. The van der Waals surface area contributed by atoms with Crippen LogP contribution in [0.15, 0.2) is 11.1 Å². The topological polar surface area (TPSA) is 70.2 Å². The molecule has 0 aromatic carbocycles. The number of urea groups is 1. The number of hydrogen-bond donors (Lipinski definition) is 3. The van der Waals surface area contributed by atoms with Crippen LogP contribution >= 0.6 is 15.9 Å². The number of carbonyl (C=O) groups is 2. The van der Waals surface area contributed by atoms with E-state index in [9.17, 15) is 9.59 Å². The van der Waals surface area contributed by atoms with Gasteiger partial charge >= 0.3 is 6.03 Å². The van der Waals surface area contributed by atoms with E-state index in [4.69, 9.17) is 0 Å². The van der Waals surface area contributed by atoms with Gasteiger partial charge in [-0.15, -0.1) is 0 Å². The Bertz CT molecular complexity index is 256. The molecule has 0 bridgehead atoms. The van der Waals surface area contributed by atoms with Crippen molar-refractivity contribution in [2.24, 2.45) is 0 Å². The molecule has 0 spiro atoms. The second-order valence-electron chi connectivity index (χ2n) is 3.23. The van der Waals surface area contributed by atoms with Crippen LogP contribution < -0.4 is 16.0 Å². The van der Waals surface area contributed by atoms with E-state index < -0.39 is 0 Å². The normalized spacial score (nSPS) is 9.38. The molecule has 0 aliphatic heterocycles. The Kier molecular flexibility index (Phi) is 8.61. The van der Waals surface area contributed by atoms with Crippen LogP contribution in [-0.2, 0) is 4.79 Å². The van der Waals surface area contributed by atoms with Crippen molar-refractivity contribution >= 4 is 27.9 Å². The highest BCUT2D eigenvalue weighted by Gasteiger charge is 2.02. The van der Waals surface area contributed by atoms with Crippen molar-refractivity contribution in [2.75, 3.05) is 19.6 Å². The van der Waals surface area contributed by atoms with E-state index in [2.05, 4.69) is 38.5 Å². The lowest BCUT2D eigenvalue weighted by Crippen LogP contribution is -2.38. The highest BCUT2D eigenvalue weighted by Crippen LogP contribution is 1.95. The van der Waals surface area contributed by atoms with Crippen LogP contribution in [0.25, 0.3) is 0 Å². The molecular formula is C10H18BrN3O2. The molecule has 0 fully saturated rings. The zero-order chi connectivity index (χ0) is 12.4. The minimum Gasteiger partial charge on any atom is -0.356 e. The summed E-state index contributed by atoms with van der Waals surface area (Å²) in [6, 6.07) is -0.302. The predicted octanol–water partition coefficient (Wildman–Crippen LogP) is 1.11. The van der Waals surface area contributed by atoms with E-state index >= 15 is 0 Å². The molecule has 3 amide bonds. The van der Waals surface area contributed by atoms with E-state index in [-0.39, 0.29) is 11.9 Å². The van der Waals surface area contributed by atoms with Crippen LogP contribution in [-0.4, -0.2) is 31.6 Å². The van der Waals surface area contributed by atoms with E-state index in [0.29, 0.717) is 30.5 Å². The number of hydrogen-bond acceptors (Lipinski definition) is 2. The first-order valence-electron chi connectivity index (χ1n) is 5.18. The van der Waals surface area contributed by atoms with Crippen molar-refractivity contribution in [1.29, 1.82) is 0 Å². The van der Waals surface area contributed by atoms with Crippen molar-refractivity contribution in [2.45, 2.75) is 19.8 Å². The number of carbonyl (C=O) groups excluding carboxylic acids is 2. The standard InChI is InChI=1S/C10H18BrN3O2/c1-3-5-12-9(15)4-6-13-10(16)14-7-8(2)11/h2-7H2,1H3,(H,12,15)(H2,13,14,16). The molecule has 0 aromatic rings. The largest absolute Gasteiger partial charge is 0.356 e. The van der Waals surface area contributed by atoms with Gasteiger partial charge in [0, 0.05) is 24.0 Å². The first-order valence-corrected chi connectivity index (χ1v) is 5.97. The van der Waals surface area contributed by atoms with Crippen LogP contribution in [0.3, 0.4) is 0 Å². The lowest BCUT2D eigenvalue weighted by molar-refractivity contribution is -0.120. The van der Waals surface area contributed by atoms with Crippen LogP contribution in [0, 0.1) is 0 Å². The van der Waals surface area contributed by atoms with Gasteiger partial charge < -0.3 is 16.0 Å². The lowest BCUT2D eigenvalue weighted by Gasteiger charge is -2.07. The average Bonchev–Trinajstić information content (AvgIpc) is 2.23. The Morgan fingerprint density at radius 2 is 1.88 bits per heavy atom. The van der Waals surface area contributed by atoms with Gasteiger partial charge in [-0.05, 0) is 6.42 Å². The smallest absolute Gasteiger partial charge is 0.315 e. The number of amides is 3. The second-order valence-corrected chi connectivity index (χ2v) is 4.35. The first kappa shape index (κ1) is 15.0. The Morgan fingerprint density at radius 3 is 2.44 bits per heavy atom. The summed E-state index contributed by atoms with van der Waals surface area (Å²) in [5.41, 5.74) is 0. The van der Waals surface area contributed by atoms with Gasteiger partial charge in [0.25, 0.3) is 0 Å². The second kappa shape index (κ2) is 9.21. The van der Waals surface area contributed by atoms with Crippen molar-refractivity contribution in [1.82, 2.24) is 16.0 Å². The fraction of sp³-hybridized carbons (Fsp3) is 0.600. The highest BCUT2D eigenvalue weighted by molar-refractivity contribution is 9.11. The molecular weight excluding hydrogens is 274 g/mol. The Labute approximate surface area is 104 Å². The van der Waals surface area contributed by atoms with Gasteiger partial charge in [0.05, 0.1) is 6.54 Å². The molecule has 3 N–H and O–H groups in total. The van der Waals surface area contributed by atoms with E-state index in [1.165, 1.54) is 0 Å². The molecule has 0 saturated heterocycles. The first-order chi connectivity index (χ1) is 7.56. The molecule has 0 aliphatic carbocycles. The zero-order valence-electron chi connectivity index (χ0n) is 9.44. The lowest BCUT2D eigenvalue weighted by atomic mass is 10.4. The van der Waals surface area contributed by atoms with Gasteiger partial charge in [-0.2, -0.15) is 0 Å². The van der Waals surface area contributed by atoms with Gasteiger partial charge in [-0.25, -0.2) is 4.79 Å². The summed E-state index contributed by atoms with van der Waals surface area (Å²) in [7, 11) is 0. The van der Waals surface area contributed by atoms with Crippen molar-refractivity contribution in [3.8, 4) is 0 Å². The van der Waals surface area contributed by atoms with E-state index in [1.54, 1.807) is 0 Å². The zero-order valence-corrected chi connectivity index (χ0v) is 11.0. The summed E-state index contributed by atoms with van der Waals surface area (Å²) < 4.78 is 0.698. The van der Waals surface area contributed by atoms with Crippen molar-refractivity contribution in [3.05, 3.63) is 11.1 Å². The summed E-state index contributed by atoms with van der Waals surface area (Å²) >= 11 is 3.12. The molecule has 0 radical (unpaired) electrons. The Balaban J connectivity index is 3.46.